The van der Waals surface area contributed by atoms with Crippen LogP contribution in [-0.2, 0) is 10.2 Å². The highest BCUT2D eigenvalue weighted by atomic mass is 19.3. The van der Waals surface area contributed by atoms with Crippen molar-refractivity contribution in [3.8, 4) is 0 Å². The summed E-state index contributed by atoms with van der Waals surface area (Å²) in [4.78, 5) is 14.3. The molecule has 0 saturated heterocycles. The lowest BCUT2D eigenvalue weighted by Gasteiger charge is -2.28. The molecule has 21 heavy (non-hydrogen) atoms. The second-order valence-corrected chi connectivity index (χ2v) is 5.25. The van der Waals surface area contributed by atoms with Gasteiger partial charge < -0.3 is 4.90 Å². The highest BCUT2D eigenvalue weighted by Gasteiger charge is 2.52. The molecule has 0 N–H and O–H groups in total. The van der Waals surface area contributed by atoms with E-state index in [4.69, 9.17) is 0 Å². The van der Waals surface area contributed by atoms with Gasteiger partial charge in [-0.15, -0.1) is 0 Å². The van der Waals surface area contributed by atoms with Gasteiger partial charge in [-0.05, 0) is 17.2 Å². The molecule has 0 aliphatic carbocycles. The van der Waals surface area contributed by atoms with Gasteiger partial charge in [-0.3, -0.25) is 4.79 Å². The zero-order chi connectivity index (χ0) is 15.0. The SMILES string of the molecule is CN1C(=O)C(CC(F)F)(c2ccccc2)c2ccccc21. The molecular weight excluding hydrogens is 272 g/mol. The van der Waals surface area contributed by atoms with Crippen LogP contribution >= 0.6 is 0 Å². The molecule has 0 spiro atoms. The van der Waals surface area contributed by atoms with E-state index in [1.54, 1.807) is 49.5 Å². The molecule has 0 aromatic heterocycles. The van der Waals surface area contributed by atoms with Crippen molar-refractivity contribution >= 4 is 11.6 Å². The first-order valence-electron chi connectivity index (χ1n) is 6.78. The molecule has 1 unspecified atom stereocenters. The zero-order valence-corrected chi connectivity index (χ0v) is 11.6. The summed E-state index contributed by atoms with van der Waals surface area (Å²) >= 11 is 0. The number of alkyl halides is 2. The molecule has 0 radical (unpaired) electrons. The number of hydrogen-bond acceptors (Lipinski definition) is 1. The molecule has 2 aromatic rings. The second-order valence-electron chi connectivity index (χ2n) is 5.25. The minimum atomic E-state index is -2.56. The quantitative estimate of drug-likeness (QED) is 0.844. The molecule has 1 aliphatic heterocycles. The molecule has 1 amide bonds. The highest BCUT2D eigenvalue weighted by Crippen LogP contribution is 2.48. The van der Waals surface area contributed by atoms with Crippen molar-refractivity contribution < 1.29 is 13.6 Å². The third kappa shape index (κ3) is 1.94. The van der Waals surface area contributed by atoms with Gasteiger partial charge in [-0.2, -0.15) is 0 Å². The summed E-state index contributed by atoms with van der Waals surface area (Å²) in [6.45, 7) is 0. The van der Waals surface area contributed by atoms with Gasteiger partial charge in [0.05, 0.1) is 0 Å². The van der Waals surface area contributed by atoms with E-state index < -0.39 is 18.3 Å². The first kappa shape index (κ1) is 13.7. The second kappa shape index (κ2) is 4.95. The fraction of sp³-hybridized carbons (Fsp3) is 0.235. The number of fused-ring (bicyclic) bond motifs is 1. The van der Waals surface area contributed by atoms with Gasteiger partial charge in [0.2, 0.25) is 12.3 Å². The van der Waals surface area contributed by atoms with E-state index in [0.29, 0.717) is 16.8 Å². The van der Waals surface area contributed by atoms with Crippen molar-refractivity contribution in [1.29, 1.82) is 0 Å². The van der Waals surface area contributed by atoms with Gasteiger partial charge >= 0.3 is 0 Å². The Hall–Kier alpha value is -2.23. The van der Waals surface area contributed by atoms with Crippen LogP contribution in [0.5, 0.6) is 0 Å². The molecule has 1 heterocycles. The standard InChI is InChI=1S/C17H15F2NO/c1-20-14-10-6-5-9-13(14)17(16(20)21,11-15(18)19)12-7-3-2-4-8-12/h2-10,15H,11H2,1H3. The highest BCUT2D eigenvalue weighted by molar-refractivity contribution is 6.10. The van der Waals surface area contributed by atoms with Crippen LogP contribution in [0.15, 0.2) is 54.6 Å². The van der Waals surface area contributed by atoms with Gasteiger partial charge in [-0.1, -0.05) is 48.5 Å². The molecule has 4 heteroatoms. The van der Waals surface area contributed by atoms with Gasteiger partial charge in [0.15, 0.2) is 0 Å². The predicted octanol–water partition coefficient (Wildman–Crippen LogP) is 3.60. The van der Waals surface area contributed by atoms with Gasteiger partial charge in [-0.25, -0.2) is 8.78 Å². The van der Waals surface area contributed by atoms with Crippen LogP contribution in [-0.4, -0.2) is 19.4 Å². The molecule has 108 valence electrons. The summed E-state index contributed by atoms with van der Waals surface area (Å²) in [6, 6.07) is 16.0. The van der Waals surface area contributed by atoms with E-state index in [-0.39, 0.29) is 5.91 Å². The zero-order valence-electron chi connectivity index (χ0n) is 11.6. The lowest BCUT2D eigenvalue weighted by Crippen LogP contribution is -2.41. The van der Waals surface area contributed by atoms with Crippen LogP contribution in [0.1, 0.15) is 17.5 Å². The smallest absolute Gasteiger partial charge is 0.242 e. The maximum absolute atomic E-state index is 13.2. The summed E-state index contributed by atoms with van der Waals surface area (Å²) in [5.41, 5.74) is 0.684. The maximum atomic E-state index is 13.2. The van der Waals surface area contributed by atoms with Crippen molar-refractivity contribution in [2.75, 3.05) is 11.9 Å². The Labute approximate surface area is 122 Å². The first-order chi connectivity index (χ1) is 10.1. The molecule has 2 nitrogen and oxygen atoms in total. The Bertz CT molecular complexity index is 672. The largest absolute Gasteiger partial charge is 0.314 e. The maximum Gasteiger partial charge on any atom is 0.242 e. The number of nitrogens with zero attached hydrogens (tertiary/aromatic N) is 1. The molecule has 0 saturated carbocycles. The van der Waals surface area contributed by atoms with E-state index in [0.717, 1.165) is 0 Å². The van der Waals surface area contributed by atoms with E-state index in [1.807, 2.05) is 12.1 Å². The van der Waals surface area contributed by atoms with Crippen LogP contribution in [0.25, 0.3) is 0 Å². The number of carbonyl (C=O) groups is 1. The van der Waals surface area contributed by atoms with Gasteiger partial charge in [0.1, 0.15) is 5.41 Å². The molecule has 1 atom stereocenters. The van der Waals surface area contributed by atoms with E-state index in [9.17, 15) is 13.6 Å². The van der Waals surface area contributed by atoms with Crippen LogP contribution in [0.2, 0.25) is 0 Å². The Kier molecular flexibility index (Phi) is 3.24. The lowest BCUT2D eigenvalue weighted by molar-refractivity contribution is -0.122. The Morgan fingerprint density at radius 2 is 1.67 bits per heavy atom. The van der Waals surface area contributed by atoms with Crippen molar-refractivity contribution in [2.24, 2.45) is 0 Å². The summed E-state index contributed by atoms with van der Waals surface area (Å²) in [5.74, 6) is -0.296. The molecule has 3 rings (SSSR count). The van der Waals surface area contributed by atoms with Crippen molar-refractivity contribution in [3.63, 3.8) is 0 Å². The summed E-state index contributed by atoms with van der Waals surface area (Å²) < 4.78 is 26.5. The Morgan fingerprint density at radius 1 is 1.05 bits per heavy atom. The monoisotopic (exact) mass is 287 g/mol. The number of carbonyl (C=O) groups excluding carboxylic acids is 1. The third-order valence-corrected chi connectivity index (χ3v) is 4.12. The van der Waals surface area contributed by atoms with Crippen molar-refractivity contribution in [1.82, 2.24) is 0 Å². The summed E-state index contributed by atoms with van der Waals surface area (Å²) in [7, 11) is 1.64. The van der Waals surface area contributed by atoms with Crippen molar-refractivity contribution in [2.45, 2.75) is 18.3 Å². The minimum Gasteiger partial charge on any atom is -0.314 e. The number of amides is 1. The first-order valence-corrected chi connectivity index (χ1v) is 6.78. The number of para-hydroxylation sites is 1. The predicted molar refractivity (Wildman–Crippen MR) is 77.7 cm³/mol. The van der Waals surface area contributed by atoms with Crippen LogP contribution < -0.4 is 4.90 Å². The summed E-state index contributed by atoms with van der Waals surface area (Å²) in [5, 5.41) is 0. The Morgan fingerprint density at radius 3 is 2.33 bits per heavy atom. The molecule has 1 aliphatic rings. The average Bonchev–Trinajstić information content (AvgIpc) is 2.71. The molecule has 2 aromatic carbocycles. The number of halogens is 2. The van der Waals surface area contributed by atoms with Crippen LogP contribution in [0.3, 0.4) is 0 Å². The van der Waals surface area contributed by atoms with Gasteiger partial charge in [0.25, 0.3) is 0 Å². The minimum absolute atomic E-state index is 0.296. The van der Waals surface area contributed by atoms with Crippen LogP contribution in [0, 0.1) is 0 Å². The normalized spacial score (nSPS) is 21.0. The fourth-order valence-corrected chi connectivity index (χ4v) is 3.19. The molecule has 0 fully saturated rings. The van der Waals surface area contributed by atoms with Crippen molar-refractivity contribution in [3.05, 3.63) is 65.7 Å². The van der Waals surface area contributed by atoms with E-state index in [2.05, 4.69) is 0 Å². The topological polar surface area (TPSA) is 20.3 Å². The number of likely N-dealkylation sites (N-methyl/N-ethyl adjacent to an activating group) is 1. The number of benzene rings is 2. The Balaban J connectivity index is 2.28. The van der Waals surface area contributed by atoms with Gasteiger partial charge in [0, 0.05) is 19.2 Å². The molecule has 0 bridgehead atoms. The molecular formula is C17H15F2NO. The third-order valence-electron chi connectivity index (χ3n) is 4.12. The summed E-state index contributed by atoms with van der Waals surface area (Å²) in [6.07, 6.45) is -3.06. The number of anilines is 1. The average molecular weight is 287 g/mol. The van der Waals surface area contributed by atoms with E-state index in [1.165, 1.54) is 4.90 Å². The van der Waals surface area contributed by atoms with Crippen LogP contribution in [0.4, 0.5) is 14.5 Å². The fourth-order valence-electron chi connectivity index (χ4n) is 3.19. The number of rotatable bonds is 3. The van der Waals surface area contributed by atoms with E-state index >= 15 is 0 Å². The lowest BCUT2D eigenvalue weighted by atomic mass is 9.73. The number of hydrogen-bond donors (Lipinski definition) is 0.